The molecule has 53 heavy (non-hydrogen) atoms. The predicted octanol–water partition coefficient (Wildman–Crippen LogP) is 5.41. The van der Waals surface area contributed by atoms with Crippen molar-refractivity contribution in [2.45, 2.75) is 63.8 Å². The van der Waals surface area contributed by atoms with E-state index in [2.05, 4.69) is 22.8 Å². The second-order valence-corrected chi connectivity index (χ2v) is 15.0. The van der Waals surface area contributed by atoms with Gasteiger partial charge in [-0.3, -0.25) is 34.2 Å². The number of phenols is 1. The minimum atomic E-state index is -1.09. The van der Waals surface area contributed by atoms with Crippen LogP contribution in [0.5, 0.6) is 17.2 Å². The van der Waals surface area contributed by atoms with Crippen LogP contribution in [0.3, 0.4) is 0 Å². The fraction of sp³-hybridized carbons (Fsp3) is 0.405. The molecule has 3 aromatic rings. The summed E-state index contributed by atoms with van der Waals surface area (Å²) in [5.41, 5.74) is 5.34. The van der Waals surface area contributed by atoms with Gasteiger partial charge in [-0.05, 0) is 128 Å². The van der Waals surface area contributed by atoms with Gasteiger partial charge in [-0.15, -0.1) is 0 Å². The Kier molecular flexibility index (Phi) is 9.49. The Balaban J connectivity index is 0.813. The summed E-state index contributed by atoms with van der Waals surface area (Å²) >= 11 is 0. The molecule has 5 fully saturated rings. The lowest BCUT2D eigenvalue weighted by molar-refractivity contribution is -0.136. The summed E-state index contributed by atoms with van der Waals surface area (Å²) in [4.78, 5) is 63.6. The molecule has 4 saturated carbocycles. The van der Waals surface area contributed by atoms with Gasteiger partial charge in [0.15, 0.2) is 6.61 Å². The normalized spacial score (nSPS) is 24.3. The summed E-state index contributed by atoms with van der Waals surface area (Å²) < 4.78 is 11.7. The first-order valence-corrected chi connectivity index (χ1v) is 18.7. The Morgan fingerprint density at radius 1 is 0.811 bits per heavy atom. The summed E-state index contributed by atoms with van der Waals surface area (Å²) in [5.74, 6) is 1.31. The number of imide groups is 2. The van der Waals surface area contributed by atoms with E-state index < -0.39 is 29.7 Å². The molecule has 5 amide bonds. The van der Waals surface area contributed by atoms with Crippen LogP contribution in [0.15, 0.2) is 72.3 Å². The van der Waals surface area contributed by atoms with Crippen LogP contribution < -0.4 is 20.1 Å². The Hall–Kier alpha value is -5.45. The Bertz CT molecular complexity index is 1960. The van der Waals surface area contributed by atoms with E-state index in [-0.39, 0.29) is 48.0 Å². The molecule has 11 nitrogen and oxygen atoms in total. The maximum absolute atomic E-state index is 13.2. The molecule has 4 bridgehead atoms. The van der Waals surface area contributed by atoms with Gasteiger partial charge in [-0.1, -0.05) is 35.9 Å². The SMILES string of the molecule is O=C(COc1cccc2c1C(=O)N(C1CCC(=O)NC1=O)C2=O)NCCCCOc1ccc(C(=C2C3CC4CC(C3)CC2C4)c2ccc(O)cc2)cc1. The average molecular weight is 718 g/mol. The van der Waals surface area contributed by atoms with Gasteiger partial charge in [0.2, 0.25) is 11.8 Å². The van der Waals surface area contributed by atoms with Crippen molar-refractivity contribution in [2.75, 3.05) is 19.8 Å². The van der Waals surface area contributed by atoms with Gasteiger partial charge in [0.05, 0.1) is 17.7 Å². The number of carbonyl (C=O) groups is 5. The van der Waals surface area contributed by atoms with Gasteiger partial charge in [0.1, 0.15) is 23.3 Å². The second kappa shape index (κ2) is 14.5. The number of aromatic hydroxyl groups is 1. The van der Waals surface area contributed by atoms with Crippen LogP contribution in [0.4, 0.5) is 0 Å². The van der Waals surface area contributed by atoms with Crippen molar-refractivity contribution in [3.8, 4) is 17.2 Å². The van der Waals surface area contributed by atoms with Crippen LogP contribution in [0.2, 0.25) is 0 Å². The molecule has 2 heterocycles. The molecule has 6 aliphatic rings. The first kappa shape index (κ1) is 34.6. The van der Waals surface area contributed by atoms with Crippen LogP contribution in [0, 0.1) is 23.7 Å². The summed E-state index contributed by atoms with van der Waals surface area (Å²) in [5, 5.41) is 15.0. The van der Waals surface area contributed by atoms with Crippen molar-refractivity contribution in [1.29, 1.82) is 0 Å². The van der Waals surface area contributed by atoms with Crippen molar-refractivity contribution < 1.29 is 38.6 Å². The van der Waals surface area contributed by atoms with E-state index in [9.17, 15) is 29.1 Å². The molecule has 1 saturated heterocycles. The fourth-order valence-corrected chi connectivity index (χ4v) is 9.39. The van der Waals surface area contributed by atoms with E-state index in [0.717, 1.165) is 34.5 Å². The molecule has 9 rings (SSSR count). The molecule has 1 unspecified atom stereocenters. The summed E-state index contributed by atoms with van der Waals surface area (Å²) in [6.07, 6.45) is 8.06. The maximum atomic E-state index is 13.2. The first-order valence-electron chi connectivity index (χ1n) is 18.7. The highest BCUT2D eigenvalue weighted by molar-refractivity contribution is 6.24. The minimum Gasteiger partial charge on any atom is -0.508 e. The molecule has 0 radical (unpaired) electrons. The number of rotatable bonds is 12. The van der Waals surface area contributed by atoms with Gasteiger partial charge >= 0.3 is 0 Å². The maximum Gasteiger partial charge on any atom is 0.266 e. The minimum absolute atomic E-state index is 0.00116. The number of nitrogens with one attached hydrogen (secondary N) is 2. The molecule has 4 aliphatic carbocycles. The van der Waals surface area contributed by atoms with Crippen LogP contribution in [0.1, 0.15) is 89.6 Å². The van der Waals surface area contributed by atoms with E-state index in [1.54, 1.807) is 23.8 Å². The molecule has 0 aromatic heterocycles. The van der Waals surface area contributed by atoms with E-state index in [1.165, 1.54) is 55.4 Å². The largest absolute Gasteiger partial charge is 0.508 e. The fourth-order valence-electron chi connectivity index (χ4n) is 9.39. The summed E-state index contributed by atoms with van der Waals surface area (Å²) in [6, 6.07) is 19.4. The number of nitrogens with zero attached hydrogens (tertiary/aromatic N) is 1. The smallest absolute Gasteiger partial charge is 0.266 e. The number of hydrogen-bond donors (Lipinski definition) is 3. The van der Waals surface area contributed by atoms with Crippen molar-refractivity contribution in [1.82, 2.24) is 15.5 Å². The van der Waals surface area contributed by atoms with Gasteiger partial charge in [-0.2, -0.15) is 0 Å². The van der Waals surface area contributed by atoms with Crippen LogP contribution in [0.25, 0.3) is 5.57 Å². The van der Waals surface area contributed by atoms with Crippen molar-refractivity contribution >= 4 is 35.1 Å². The molecule has 1 atom stereocenters. The highest BCUT2D eigenvalue weighted by Crippen LogP contribution is 2.58. The number of ether oxygens (including phenoxy) is 2. The quantitative estimate of drug-likeness (QED) is 0.166. The first-order chi connectivity index (χ1) is 25.7. The topological polar surface area (TPSA) is 151 Å². The molecule has 11 heteroatoms. The van der Waals surface area contributed by atoms with Gasteiger partial charge in [0.25, 0.3) is 17.7 Å². The van der Waals surface area contributed by atoms with Gasteiger partial charge < -0.3 is 19.9 Å². The number of benzene rings is 3. The monoisotopic (exact) mass is 717 g/mol. The number of phenolic OH excluding ortho intramolecular Hbond substituents is 1. The third-order valence-corrected chi connectivity index (χ3v) is 11.6. The lowest BCUT2D eigenvalue weighted by Crippen LogP contribution is -2.54. The van der Waals surface area contributed by atoms with E-state index >= 15 is 0 Å². The van der Waals surface area contributed by atoms with Gasteiger partial charge in [0, 0.05) is 13.0 Å². The number of amides is 5. The number of piperidine rings is 1. The van der Waals surface area contributed by atoms with E-state index in [0.29, 0.717) is 31.4 Å². The molecule has 2 aliphatic heterocycles. The third-order valence-electron chi connectivity index (χ3n) is 11.6. The van der Waals surface area contributed by atoms with E-state index in [1.807, 2.05) is 24.3 Å². The average Bonchev–Trinajstić information content (AvgIpc) is 3.40. The lowest BCUT2D eigenvalue weighted by Gasteiger charge is -2.52. The number of unbranched alkanes of at least 4 members (excludes halogenated alkanes) is 1. The standard InChI is InChI=1S/C42H43N3O8/c46-30-10-6-26(7-11-30)37(38-28-19-24-18-25(21-28)22-29(38)20-24)27-8-12-31(13-9-27)52-17-2-1-16-43-36(48)23-53-34-5-3-4-32-39(34)42(51)45(41(32)50)33-14-15-35(47)44-40(33)49/h3-13,24-25,28-29,33,46H,1-2,14-23H2,(H,43,48)(H,44,47,49). The third kappa shape index (κ3) is 6.92. The zero-order valence-electron chi connectivity index (χ0n) is 29.5. The van der Waals surface area contributed by atoms with Crippen LogP contribution in [-0.2, 0) is 14.4 Å². The molecule has 3 N–H and O–H groups in total. The number of carbonyl (C=O) groups excluding carboxylic acids is 5. The zero-order chi connectivity index (χ0) is 36.6. The zero-order valence-corrected chi connectivity index (χ0v) is 29.5. The van der Waals surface area contributed by atoms with Gasteiger partial charge in [-0.25, -0.2) is 0 Å². The molecule has 0 spiro atoms. The number of hydrogen-bond acceptors (Lipinski definition) is 8. The highest BCUT2D eigenvalue weighted by Gasteiger charge is 2.47. The van der Waals surface area contributed by atoms with E-state index in [4.69, 9.17) is 9.47 Å². The van der Waals surface area contributed by atoms with Crippen molar-refractivity contribution in [2.24, 2.45) is 23.7 Å². The molecular formula is C42H43N3O8. The molecular weight excluding hydrogens is 674 g/mol. The molecule has 3 aromatic carbocycles. The Morgan fingerprint density at radius 2 is 1.49 bits per heavy atom. The highest BCUT2D eigenvalue weighted by atomic mass is 16.5. The number of fused-ring (bicyclic) bond motifs is 1. The number of allylic oxidation sites excluding steroid dienone is 1. The summed E-state index contributed by atoms with van der Waals surface area (Å²) in [7, 11) is 0. The summed E-state index contributed by atoms with van der Waals surface area (Å²) in [6.45, 7) is 0.538. The predicted molar refractivity (Wildman–Crippen MR) is 194 cm³/mol. The lowest BCUT2D eigenvalue weighted by atomic mass is 9.53. The Morgan fingerprint density at radius 3 is 2.17 bits per heavy atom. The second-order valence-electron chi connectivity index (χ2n) is 15.0. The Labute approximate surface area is 307 Å². The van der Waals surface area contributed by atoms with Crippen molar-refractivity contribution in [3.05, 3.63) is 94.6 Å². The van der Waals surface area contributed by atoms with Crippen LogP contribution in [-0.4, -0.2) is 65.3 Å². The van der Waals surface area contributed by atoms with Crippen LogP contribution >= 0.6 is 0 Å². The van der Waals surface area contributed by atoms with Crippen molar-refractivity contribution in [3.63, 3.8) is 0 Å². The molecule has 274 valence electrons.